The van der Waals surface area contributed by atoms with Gasteiger partial charge in [-0.2, -0.15) is 12.6 Å². The minimum Gasteiger partial charge on any atom is -0.348 e. The van der Waals surface area contributed by atoms with Crippen molar-refractivity contribution in [3.63, 3.8) is 0 Å². The second-order valence-corrected chi connectivity index (χ2v) is 8.79. The Bertz CT molecular complexity index is 1090. The molecule has 1 aromatic carbocycles. The number of aliphatic imine (C=N–C) groups is 1. The number of benzene rings is 1. The molecule has 3 aromatic rings. The Labute approximate surface area is 156 Å². The fraction of sp³-hybridized carbons (Fsp3) is 0.167. The van der Waals surface area contributed by atoms with E-state index in [-0.39, 0.29) is 11.3 Å². The Kier molecular flexibility index (Phi) is 4.16. The van der Waals surface area contributed by atoms with E-state index in [0.29, 0.717) is 11.3 Å². The molecule has 0 fully saturated rings. The fourth-order valence-corrected chi connectivity index (χ4v) is 5.56. The van der Waals surface area contributed by atoms with E-state index < -0.39 is 20.0 Å². The Morgan fingerprint density at radius 3 is 2.73 bits per heavy atom. The first kappa shape index (κ1) is 17.0. The van der Waals surface area contributed by atoms with Crippen molar-refractivity contribution in [1.82, 2.24) is 15.0 Å². The third-order valence-electron chi connectivity index (χ3n) is 4.41. The number of H-pyrrole nitrogens is 1. The molecule has 4 rings (SSSR count). The number of pyridine rings is 1. The van der Waals surface area contributed by atoms with Crippen LogP contribution in [-0.4, -0.2) is 34.5 Å². The number of aromatic amines is 1. The zero-order chi connectivity index (χ0) is 18.2. The number of hydrogen-bond donors (Lipinski definition) is 2. The molecular formula is C18H16N4O2S2. The Hall–Kier alpha value is -2.45. The fourth-order valence-electron chi connectivity index (χ4n) is 3.11. The van der Waals surface area contributed by atoms with Gasteiger partial charge in [0, 0.05) is 36.6 Å². The van der Waals surface area contributed by atoms with Gasteiger partial charge in [-0.15, -0.1) is 0 Å². The number of fused-ring (bicyclic) bond motifs is 1. The highest BCUT2D eigenvalue weighted by atomic mass is 32.2. The van der Waals surface area contributed by atoms with E-state index in [0.717, 1.165) is 5.39 Å². The summed E-state index contributed by atoms with van der Waals surface area (Å²) in [5, 5.41) is 0.353. The van der Waals surface area contributed by atoms with Gasteiger partial charge in [0.15, 0.2) is 4.87 Å². The molecule has 1 aliphatic heterocycles. The Morgan fingerprint density at radius 2 is 2.00 bits per heavy atom. The summed E-state index contributed by atoms with van der Waals surface area (Å²) in [6.07, 6.45) is 9.81. The molecule has 0 aliphatic carbocycles. The summed E-state index contributed by atoms with van der Waals surface area (Å²) >= 11 is 4.55. The van der Waals surface area contributed by atoms with Crippen LogP contribution in [0.3, 0.4) is 0 Å². The smallest absolute Gasteiger partial charge is 0.210 e. The number of hydrogen-bond acceptors (Lipinski definition) is 6. The largest absolute Gasteiger partial charge is 0.348 e. The number of aromatic nitrogens is 3. The molecule has 1 aliphatic rings. The van der Waals surface area contributed by atoms with Gasteiger partial charge in [-0.25, -0.2) is 13.4 Å². The van der Waals surface area contributed by atoms with Gasteiger partial charge >= 0.3 is 0 Å². The minimum absolute atomic E-state index is 0.155. The first-order chi connectivity index (χ1) is 12.5. The highest BCUT2D eigenvalue weighted by Crippen LogP contribution is 2.41. The molecule has 1 N–H and O–H groups in total. The third-order valence-corrected chi connectivity index (χ3v) is 7.08. The topological polar surface area (TPSA) is 88.1 Å². The number of nitrogens with one attached hydrogen (secondary N) is 1. The lowest BCUT2D eigenvalue weighted by molar-refractivity contribution is 0.540. The molecule has 0 saturated heterocycles. The minimum atomic E-state index is -3.85. The van der Waals surface area contributed by atoms with Gasteiger partial charge in [-0.3, -0.25) is 9.98 Å². The van der Waals surface area contributed by atoms with Crippen molar-refractivity contribution < 1.29 is 8.42 Å². The van der Waals surface area contributed by atoms with Crippen LogP contribution in [0.15, 0.2) is 71.0 Å². The van der Waals surface area contributed by atoms with E-state index in [1.807, 2.05) is 12.1 Å². The molecule has 0 saturated carbocycles. The molecule has 0 amide bonds. The average molecular weight is 384 g/mol. The molecule has 2 aromatic heterocycles. The number of nitrogens with zero attached hydrogens (tertiary/aromatic N) is 3. The monoisotopic (exact) mass is 384 g/mol. The van der Waals surface area contributed by atoms with Crippen LogP contribution in [0.5, 0.6) is 0 Å². The van der Waals surface area contributed by atoms with Crippen LogP contribution in [0, 0.1) is 0 Å². The lowest BCUT2D eigenvalue weighted by Gasteiger charge is -2.27. The average Bonchev–Trinajstić information content (AvgIpc) is 3.34. The van der Waals surface area contributed by atoms with E-state index in [9.17, 15) is 8.42 Å². The summed E-state index contributed by atoms with van der Waals surface area (Å²) in [5.41, 5.74) is 0.443. The highest BCUT2D eigenvalue weighted by molar-refractivity contribution is 7.93. The number of thiol groups is 1. The maximum Gasteiger partial charge on any atom is 0.210 e. The molecule has 0 bridgehead atoms. The van der Waals surface area contributed by atoms with E-state index in [2.05, 4.69) is 32.6 Å². The molecule has 3 heterocycles. The lowest BCUT2D eigenvalue weighted by Crippen LogP contribution is -2.35. The van der Waals surface area contributed by atoms with Crippen molar-refractivity contribution in [3.05, 3.63) is 66.9 Å². The standard InChI is InChI=1S/C18H16N4O2S2/c23-26(24,15-6-1-4-13-5-2-8-19-16(13)15)18(7-3-9-22-18)12-14(25)17-20-10-11-21-17/h1-11,14,25H,12H2,(H,20,21). The van der Waals surface area contributed by atoms with Crippen LogP contribution in [-0.2, 0) is 9.84 Å². The maximum atomic E-state index is 13.6. The van der Waals surface area contributed by atoms with Crippen LogP contribution in [0.25, 0.3) is 10.9 Å². The molecule has 0 radical (unpaired) electrons. The summed E-state index contributed by atoms with van der Waals surface area (Å²) in [6, 6.07) is 8.76. The van der Waals surface area contributed by atoms with Gasteiger partial charge < -0.3 is 4.98 Å². The summed E-state index contributed by atoms with van der Waals surface area (Å²) in [5.74, 6) is 0.606. The first-order valence-electron chi connectivity index (χ1n) is 8.02. The van der Waals surface area contributed by atoms with Crippen molar-refractivity contribution in [2.45, 2.75) is 21.4 Å². The summed E-state index contributed by atoms with van der Waals surface area (Å²) in [7, 11) is -3.85. The number of para-hydroxylation sites is 1. The van der Waals surface area contributed by atoms with Gasteiger partial charge in [0.25, 0.3) is 0 Å². The predicted octanol–water partition coefficient (Wildman–Crippen LogP) is 3.13. The van der Waals surface area contributed by atoms with Crippen LogP contribution in [0.2, 0.25) is 0 Å². The molecule has 8 heteroatoms. The Morgan fingerprint density at radius 1 is 1.15 bits per heavy atom. The first-order valence-corrected chi connectivity index (χ1v) is 10.0. The van der Waals surface area contributed by atoms with Crippen molar-refractivity contribution in [2.24, 2.45) is 4.99 Å². The maximum absolute atomic E-state index is 13.6. The van der Waals surface area contributed by atoms with Crippen LogP contribution >= 0.6 is 12.6 Å². The quantitative estimate of drug-likeness (QED) is 0.662. The SMILES string of the molecule is O=S(=O)(c1cccc2cccnc12)C1(CC(S)c2ncc[nH]2)C=CC=N1. The van der Waals surface area contributed by atoms with E-state index in [1.54, 1.807) is 48.9 Å². The number of sulfone groups is 1. The van der Waals surface area contributed by atoms with Crippen LogP contribution in [0.4, 0.5) is 0 Å². The number of allylic oxidation sites excluding steroid dienone is 1. The molecule has 2 unspecified atom stereocenters. The zero-order valence-electron chi connectivity index (χ0n) is 13.6. The molecule has 26 heavy (non-hydrogen) atoms. The number of imidazole rings is 1. The van der Waals surface area contributed by atoms with Crippen molar-refractivity contribution in [3.8, 4) is 0 Å². The molecular weight excluding hydrogens is 368 g/mol. The van der Waals surface area contributed by atoms with Crippen LogP contribution in [0.1, 0.15) is 17.5 Å². The highest BCUT2D eigenvalue weighted by Gasteiger charge is 2.46. The van der Waals surface area contributed by atoms with E-state index >= 15 is 0 Å². The molecule has 0 spiro atoms. The Balaban J connectivity index is 1.83. The summed E-state index contributed by atoms with van der Waals surface area (Å²) in [4.78, 5) is 14.5. The van der Waals surface area contributed by atoms with E-state index in [4.69, 9.17) is 0 Å². The van der Waals surface area contributed by atoms with Gasteiger partial charge in [0.1, 0.15) is 5.82 Å². The van der Waals surface area contributed by atoms with Gasteiger partial charge in [-0.05, 0) is 24.3 Å². The second-order valence-electron chi connectivity index (χ2n) is 6.01. The predicted molar refractivity (Wildman–Crippen MR) is 104 cm³/mol. The van der Waals surface area contributed by atoms with Crippen molar-refractivity contribution >= 4 is 39.6 Å². The summed E-state index contributed by atoms with van der Waals surface area (Å²) in [6.45, 7) is 0. The van der Waals surface area contributed by atoms with Crippen LogP contribution < -0.4 is 0 Å². The lowest BCUT2D eigenvalue weighted by atomic mass is 10.1. The third kappa shape index (κ3) is 2.65. The second kappa shape index (κ2) is 6.37. The van der Waals surface area contributed by atoms with Gasteiger partial charge in [-0.1, -0.05) is 18.2 Å². The molecule has 6 nitrogen and oxygen atoms in total. The van der Waals surface area contributed by atoms with E-state index in [1.165, 1.54) is 6.21 Å². The van der Waals surface area contributed by atoms with Crippen molar-refractivity contribution in [1.29, 1.82) is 0 Å². The van der Waals surface area contributed by atoms with Gasteiger partial charge in [0.05, 0.1) is 15.7 Å². The molecule has 2 atom stereocenters. The van der Waals surface area contributed by atoms with Gasteiger partial charge in [0.2, 0.25) is 9.84 Å². The number of rotatable bonds is 5. The zero-order valence-corrected chi connectivity index (χ0v) is 15.4. The molecule has 132 valence electrons. The van der Waals surface area contributed by atoms with Crippen molar-refractivity contribution in [2.75, 3.05) is 0 Å². The normalized spacial score (nSPS) is 20.7. The summed E-state index contributed by atoms with van der Waals surface area (Å²) < 4.78 is 27.2.